The molecule has 1 aromatic carbocycles. The fourth-order valence-corrected chi connectivity index (χ4v) is 10.8. The van der Waals surface area contributed by atoms with E-state index < -0.39 is 36.8 Å². The average Bonchev–Trinajstić information content (AvgIpc) is 3.44. The van der Waals surface area contributed by atoms with Crippen molar-refractivity contribution >= 4 is 17.8 Å². The topological polar surface area (TPSA) is 183 Å². The first-order valence-corrected chi connectivity index (χ1v) is 18.3. The highest BCUT2D eigenvalue weighted by atomic mass is 16.7. The maximum Gasteiger partial charge on any atom is 0.307 e. The largest absolute Gasteiger partial charge is 0.481 e. The van der Waals surface area contributed by atoms with Gasteiger partial charge >= 0.3 is 11.9 Å². The Balaban J connectivity index is 1.06. The molecule has 6 unspecified atom stereocenters. The van der Waals surface area contributed by atoms with Gasteiger partial charge in [0.1, 0.15) is 0 Å². The normalized spacial score (nSPS) is 35.6. The van der Waals surface area contributed by atoms with Crippen LogP contribution < -0.4 is 5.48 Å². The first kappa shape index (κ1) is 37.7. The van der Waals surface area contributed by atoms with Crippen molar-refractivity contribution in [2.75, 3.05) is 6.79 Å². The van der Waals surface area contributed by atoms with Gasteiger partial charge in [-0.15, -0.1) is 0 Å². The number of carboxylic acid groups (broad SMARTS) is 1. The molecular formula is C38H57NO10. The number of nitrogens with one attached hydrogen (secondary N) is 1. The van der Waals surface area contributed by atoms with Gasteiger partial charge in [-0.05, 0) is 123 Å². The number of carboxylic acids is 1. The van der Waals surface area contributed by atoms with E-state index >= 15 is 0 Å². The standard InChI is InChI=1S/C38H57NO10/c1-22(29-12-13-30-28-11-10-26-19-27(40)16-17-37(26,2)31(28)20-32(41)38(29,30)3)4-15-34(43)48-21-49-36(46)24-7-5-23(6-8-24)18-25(35(44)45)9-14-33(42)39-47/h5-8,22,25-32,36,40-41,46-47H,4,9-21H2,1-3H3,(H,39,42)(H,44,45)/t22-,25?,26-,27-,28?,29?,30?,31?,32+,36?,37+,38-/m1/s1. The minimum Gasteiger partial charge on any atom is -0.481 e. The minimum absolute atomic E-state index is 0.0651. The molecule has 4 saturated carbocycles. The molecule has 0 bridgehead atoms. The van der Waals surface area contributed by atoms with Crippen LogP contribution in [0.3, 0.4) is 0 Å². The highest BCUT2D eigenvalue weighted by Gasteiger charge is 2.63. The first-order chi connectivity index (χ1) is 23.3. The predicted molar refractivity (Wildman–Crippen MR) is 178 cm³/mol. The summed E-state index contributed by atoms with van der Waals surface area (Å²) in [7, 11) is 0. The number of ether oxygens (including phenoxy) is 2. The molecule has 11 nitrogen and oxygen atoms in total. The zero-order chi connectivity index (χ0) is 35.5. The third-order valence-electron chi connectivity index (χ3n) is 13.7. The van der Waals surface area contributed by atoms with Crippen LogP contribution in [0, 0.1) is 52.3 Å². The zero-order valence-electron chi connectivity index (χ0n) is 29.3. The monoisotopic (exact) mass is 687 g/mol. The molecule has 0 saturated heterocycles. The highest BCUT2D eigenvalue weighted by molar-refractivity contribution is 5.76. The second kappa shape index (κ2) is 15.8. The smallest absolute Gasteiger partial charge is 0.307 e. The molecule has 1 aromatic rings. The van der Waals surface area contributed by atoms with Crippen molar-refractivity contribution in [3.63, 3.8) is 0 Å². The van der Waals surface area contributed by atoms with E-state index in [9.17, 15) is 34.8 Å². The van der Waals surface area contributed by atoms with Gasteiger partial charge in [0.2, 0.25) is 5.91 Å². The van der Waals surface area contributed by atoms with E-state index in [2.05, 4.69) is 20.8 Å². The number of benzene rings is 1. The van der Waals surface area contributed by atoms with E-state index in [1.54, 1.807) is 24.3 Å². The maximum absolute atomic E-state index is 12.7. The number of carbonyl (C=O) groups excluding carboxylic acids is 2. The number of aliphatic carboxylic acids is 1. The number of aliphatic hydroxyl groups excluding tert-OH is 3. The third-order valence-corrected chi connectivity index (χ3v) is 13.7. The summed E-state index contributed by atoms with van der Waals surface area (Å²) in [5.41, 5.74) is 2.64. The Morgan fingerprint density at radius 2 is 1.69 bits per heavy atom. The predicted octanol–water partition coefficient (Wildman–Crippen LogP) is 5.13. The maximum atomic E-state index is 12.7. The summed E-state index contributed by atoms with van der Waals surface area (Å²) in [4.78, 5) is 35.5. The van der Waals surface area contributed by atoms with Gasteiger partial charge in [0.25, 0.3) is 0 Å². The lowest BCUT2D eigenvalue weighted by Gasteiger charge is -2.62. The van der Waals surface area contributed by atoms with E-state index in [0.29, 0.717) is 47.1 Å². The number of rotatable bonds is 14. The van der Waals surface area contributed by atoms with Gasteiger partial charge in [0.05, 0.1) is 18.1 Å². The molecule has 1 amide bonds. The van der Waals surface area contributed by atoms with Crippen LogP contribution in [-0.2, 0) is 30.3 Å². The van der Waals surface area contributed by atoms with E-state index in [-0.39, 0.29) is 54.6 Å². The Morgan fingerprint density at radius 3 is 2.39 bits per heavy atom. The van der Waals surface area contributed by atoms with E-state index in [0.717, 1.165) is 38.5 Å². The number of aliphatic hydroxyl groups is 3. The summed E-state index contributed by atoms with van der Waals surface area (Å²) < 4.78 is 10.6. The van der Waals surface area contributed by atoms with Crippen molar-refractivity contribution in [1.29, 1.82) is 0 Å². The van der Waals surface area contributed by atoms with E-state index in [1.807, 2.05) is 0 Å². The molecular weight excluding hydrogens is 630 g/mol. The van der Waals surface area contributed by atoms with Crippen LogP contribution in [-0.4, -0.2) is 62.5 Å². The SMILES string of the molecule is C[C@H](CCC(=O)OCOC(O)c1ccc(CC(CCC(=O)NO)C(=O)O)cc1)C1CCC2C3CC[C@@H]4C[C@H](O)CC[C@]4(C)C3C[C@H](O)[C@@]21C. The summed E-state index contributed by atoms with van der Waals surface area (Å²) >= 11 is 0. The van der Waals surface area contributed by atoms with Crippen LogP contribution in [0.1, 0.15) is 115 Å². The van der Waals surface area contributed by atoms with Crippen molar-refractivity contribution < 1.29 is 49.5 Å². The molecule has 5 rings (SSSR count). The fourth-order valence-electron chi connectivity index (χ4n) is 10.8. The van der Waals surface area contributed by atoms with Crippen LogP contribution in [0.5, 0.6) is 0 Å². The van der Waals surface area contributed by atoms with E-state index in [4.69, 9.17) is 14.7 Å². The summed E-state index contributed by atoms with van der Waals surface area (Å²) in [6.45, 7) is 6.52. The second-order valence-corrected chi connectivity index (χ2v) is 16.1. The van der Waals surface area contributed by atoms with Gasteiger partial charge in [-0.2, -0.15) is 0 Å². The second-order valence-electron chi connectivity index (χ2n) is 16.1. The Hall–Kier alpha value is -2.57. The Morgan fingerprint density at radius 1 is 0.959 bits per heavy atom. The van der Waals surface area contributed by atoms with Gasteiger partial charge in [-0.1, -0.05) is 45.0 Å². The van der Waals surface area contributed by atoms with Crippen LogP contribution in [0.25, 0.3) is 0 Å². The van der Waals surface area contributed by atoms with Gasteiger partial charge in [-0.25, -0.2) is 5.48 Å². The number of fused-ring (bicyclic) bond motifs is 5. The number of carbonyl (C=O) groups is 3. The Kier molecular flexibility index (Phi) is 12.1. The molecule has 12 atom stereocenters. The van der Waals surface area contributed by atoms with Crippen LogP contribution in [0.15, 0.2) is 24.3 Å². The fraction of sp³-hybridized carbons (Fsp3) is 0.763. The summed E-state index contributed by atoms with van der Waals surface area (Å²) in [6, 6.07) is 6.54. The number of hydroxylamine groups is 1. The molecule has 0 spiro atoms. The van der Waals surface area contributed by atoms with Crippen molar-refractivity contribution in [3.8, 4) is 0 Å². The van der Waals surface area contributed by atoms with Crippen molar-refractivity contribution in [3.05, 3.63) is 35.4 Å². The average molecular weight is 688 g/mol. The molecule has 0 aliphatic heterocycles. The van der Waals surface area contributed by atoms with E-state index in [1.165, 1.54) is 18.3 Å². The number of esters is 1. The molecule has 4 aliphatic carbocycles. The lowest BCUT2D eigenvalue weighted by atomic mass is 9.43. The lowest BCUT2D eigenvalue weighted by Crippen LogP contribution is -2.58. The third kappa shape index (κ3) is 8.01. The molecule has 4 fully saturated rings. The molecule has 0 aromatic heterocycles. The molecule has 0 heterocycles. The van der Waals surface area contributed by atoms with Gasteiger partial charge in [0, 0.05) is 18.4 Å². The minimum atomic E-state index is -1.34. The van der Waals surface area contributed by atoms with Crippen molar-refractivity contribution in [2.24, 2.45) is 52.3 Å². The molecule has 49 heavy (non-hydrogen) atoms. The Bertz CT molecular complexity index is 1310. The number of amides is 1. The van der Waals surface area contributed by atoms with Gasteiger partial charge < -0.3 is 29.9 Å². The van der Waals surface area contributed by atoms with Crippen LogP contribution in [0.4, 0.5) is 0 Å². The molecule has 0 radical (unpaired) electrons. The first-order valence-electron chi connectivity index (χ1n) is 18.3. The Labute approximate surface area is 289 Å². The van der Waals surface area contributed by atoms with Crippen LogP contribution >= 0.6 is 0 Å². The van der Waals surface area contributed by atoms with Crippen molar-refractivity contribution in [1.82, 2.24) is 5.48 Å². The molecule has 4 aliphatic rings. The van der Waals surface area contributed by atoms with Gasteiger partial charge in [-0.3, -0.25) is 19.6 Å². The van der Waals surface area contributed by atoms with Crippen molar-refractivity contribution in [2.45, 2.75) is 123 Å². The highest BCUT2D eigenvalue weighted by Crippen LogP contribution is 2.68. The molecule has 11 heteroatoms. The van der Waals surface area contributed by atoms with Crippen LogP contribution in [0.2, 0.25) is 0 Å². The number of hydrogen-bond acceptors (Lipinski definition) is 9. The number of hydrogen-bond donors (Lipinski definition) is 6. The lowest BCUT2D eigenvalue weighted by molar-refractivity contribution is -0.187. The molecule has 6 N–H and O–H groups in total. The zero-order valence-corrected chi connectivity index (χ0v) is 29.3. The quantitative estimate of drug-likeness (QED) is 0.0664. The van der Waals surface area contributed by atoms with Gasteiger partial charge in [0.15, 0.2) is 13.1 Å². The summed E-state index contributed by atoms with van der Waals surface area (Å²) in [6.07, 6.45) is 7.30. The molecule has 274 valence electrons. The summed E-state index contributed by atoms with van der Waals surface area (Å²) in [5, 5.41) is 50.7. The summed E-state index contributed by atoms with van der Waals surface area (Å²) in [5.74, 6) is -0.202.